The molecule has 0 saturated carbocycles. The van der Waals surface area contributed by atoms with Crippen LogP contribution in [0.5, 0.6) is 0 Å². The second kappa shape index (κ2) is 13.1. The summed E-state index contributed by atoms with van der Waals surface area (Å²) in [6, 6.07) is 10.3. The summed E-state index contributed by atoms with van der Waals surface area (Å²) in [4.78, 5) is 0. The Morgan fingerprint density at radius 2 is 1.30 bits per heavy atom. The van der Waals surface area contributed by atoms with Crippen molar-refractivity contribution in [1.29, 1.82) is 0 Å². The van der Waals surface area contributed by atoms with E-state index in [1.54, 1.807) is 0 Å². The van der Waals surface area contributed by atoms with Crippen LogP contribution in [-0.2, 0) is 0 Å². The number of rotatable bonds is 0. The minimum Gasteiger partial charge on any atom is -1.00 e. The molecule has 0 aliphatic rings. The van der Waals surface area contributed by atoms with Crippen molar-refractivity contribution in [3.8, 4) is 0 Å². The molecule has 0 unspecified atom stereocenters. The van der Waals surface area contributed by atoms with Gasteiger partial charge >= 0.3 is 154 Å². The van der Waals surface area contributed by atoms with E-state index < -0.39 is 0 Å². The van der Waals surface area contributed by atoms with Crippen LogP contribution in [0.25, 0.3) is 0 Å². The predicted molar refractivity (Wildman–Crippen MR) is 34.5 cm³/mol. The number of hydrogen-bond acceptors (Lipinski definition) is 0. The van der Waals surface area contributed by atoms with Gasteiger partial charge in [-0.1, -0.05) is 35.9 Å². The van der Waals surface area contributed by atoms with Gasteiger partial charge in [0, 0.05) is 0 Å². The van der Waals surface area contributed by atoms with E-state index >= 15 is 0 Å². The van der Waals surface area contributed by atoms with E-state index in [2.05, 4.69) is 19.1 Å². The van der Waals surface area contributed by atoms with Crippen LogP contribution in [0.4, 0.5) is 0 Å². The maximum Gasteiger partial charge on any atom is 1.00 e. The van der Waals surface area contributed by atoms with Crippen molar-refractivity contribution in [2.24, 2.45) is 0 Å². The zero-order valence-electron chi connectivity index (χ0n) is 10.4. The van der Waals surface area contributed by atoms with Gasteiger partial charge in [0.1, 0.15) is 0 Å². The van der Waals surface area contributed by atoms with Crippen LogP contribution in [0.15, 0.2) is 30.3 Å². The summed E-state index contributed by atoms with van der Waals surface area (Å²) in [5.41, 5.74) is 1.32. The van der Waals surface area contributed by atoms with E-state index in [0.29, 0.717) is 0 Å². The van der Waals surface area contributed by atoms with Crippen LogP contribution >= 0.6 is 0 Å². The quantitative estimate of drug-likeness (QED) is 0.375. The topological polar surface area (TPSA) is 0 Å². The molecule has 42 valence electrons. The maximum absolute atomic E-state index is 2.08. The van der Waals surface area contributed by atoms with E-state index in [1.165, 1.54) is 5.56 Å². The Hall–Kier alpha value is 4.13. The molecule has 0 atom stereocenters. The number of hydrogen-bond donors (Lipinski definition) is 0. The minimum absolute atomic E-state index is 0. The molecular formula is C7H11K3. The Morgan fingerprint density at radius 1 is 0.900 bits per heavy atom. The molecule has 10 heavy (non-hydrogen) atoms. The molecule has 0 heterocycles. The number of aryl methyl sites for hydroxylation is 1. The summed E-state index contributed by atoms with van der Waals surface area (Å²) in [5.74, 6) is 0. The van der Waals surface area contributed by atoms with Crippen LogP contribution in [-0.4, -0.2) is 0 Å². The molecule has 0 nitrogen and oxygen atoms in total. The molecule has 0 fully saturated rings. The Bertz CT molecular complexity index is 149. The summed E-state index contributed by atoms with van der Waals surface area (Å²) in [6.07, 6.45) is 0. The summed E-state index contributed by atoms with van der Waals surface area (Å²) in [5, 5.41) is 0. The van der Waals surface area contributed by atoms with E-state index in [-0.39, 0.29) is 158 Å². The van der Waals surface area contributed by atoms with Gasteiger partial charge in [0.05, 0.1) is 0 Å². The van der Waals surface area contributed by atoms with Crippen molar-refractivity contribution in [1.82, 2.24) is 0 Å². The molecule has 0 aliphatic carbocycles. The third-order valence-electron chi connectivity index (χ3n) is 0.940. The SMILES string of the molecule is Cc1ccccc1.[H-].[H-].[H-].[K+].[K+].[K+]. The van der Waals surface area contributed by atoms with Crippen LogP contribution in [0.1, 0.15) is 9.84 Å². The Balaban J connectivity index is -0.0000000204. The van der Waals surface area contributed by atoms with Crippen LogP contribution < -0.4 is 154 Å². The van der Waals surface area contributed by atoms with Gasteiger partial charge in [0.2, 0.25) is 0 Å². The van der Waals surface area contributed by atoms with E-state index in [4.69, 9.17) is 0 Å². The van der Waals surface area contributed by atoms with Gasteiger partial charge < -0.3 is 4.28 Å². The van der Waals surface area contributed by atoms with Gasteiger partial charge in [0.15, 0.2) is 0 Å². The van der Waals surface area contributed by atoms with Crippen molar-refractivity contribution >= 4 is 0 Å². The van der Waals surface area contributed by atoms with Gasteiger partial charge in [-0.25, -0.2) is 0 Å². The van der Waals surface area contributed by atoms with Crippen molar-refractivity contribution < 1.29 is 158 Å². The standard InChI is InChI=1S/C7H8.3K.3H/c1-7-5-3-2-4-6-7;;;;;;/h2-6H,1H3;;;;;;/q;3*+1;3*-1. The molecule has 0 spiro atoms. The second-order valence-electron chi connectivity index (χ2n) is 1.65. The van der Waals surface area contributed by atoms with Gasteiger partial charge in [-0.15, -0.1) is 0 Å². The monoisotopic (exact) mass is 212 g/mol. The van der Waals surface area contributed by atoms with Gasteiger partial charge in [0.25, 0.3) is 0 Å². The van der Waals surface area contributed by atoms with Crippen LogP contribution in [0.2, 0.25) is 0 Å². The first kappa shape index (κ1) is 19.7. The van der Waals surface area contributed by atoms with Crippen molar-refractivity contribution in [2.45, 2.75) is 6.92 Å². The largest absolute Gasteiger partial charge is 1.00 e. The average Bonchev–Trinajstić information content (AvgIpc) is 1.69. The molecule has 0 saturated heterocycles. The van der Waals surface area contributed by atoms with E-state index in [0.717, 1.165) is 0 Å². The Morgan fingerprint density at radius 3 is 1.50 bits per heavy atom. The Kier molecular flexibility index (Phi) is 25.8. The zero-order valence-corrected chi connectivity index (χ0v) is 16.8. The molecule has 0 radical (unpaired) electrons. The van der Waals surface area contributed by atoms with Gasteiger partial charge in [-0.2, -0.15) is 0 Å². The fraction of sp³-hybridized carbons (Fsp3) is 0.143. The first-order valence-electron chi connectivity index (χ1n) is 2.41. The van der Waals surface area contributed by atoms with Gasteiger partial charge in [-0.05, 0) is 6.92 Å². The minimum atomic E-state index is 0. The third kappa shape index (κ3) is 10.2. The summed E-state index contributed by atoms with van der Waals surface area (Å²) in [7, 11) is 0. The van der Waals surface area contributed by atoms with Crippen molar-refractivity contribution in [3.63, 3.8) is 0 Å². The van der Waals surface area contributed by atoms with Gasteiger partial charge in [-0.3, -0.25) is 0 Å². The molecule has 0 amide bonds. The van der Waals surface area contributed by atoms with Crippen molar-refractivity contribution in [3.05, 3.63) is 35.9 Å². The molecule has 1 aromatic rings. The third-order valence-corrected chi connectivity index (χ3v) is 0.940. The normalized spacial score (nSPS) is 6.10. The number of benzene rings is 1. The first-order chi connectivity index (χ1) is 3.39. The predicted octanol–water partition coefficient (Wildman–Crippen LogP) is -6.66. The molecule has 1 aromatic carbocycles. The second-order valence-corrected chi connectivity index (χ2v) is 1.65. The summed E-state index contributed by atoms with van der Waals surface area (Å²) in [6.45, 7) is 2.08. The van der Waals surface area contributed by atoms with Crippen LogP contribution in [0.3, 0.4) is 0 Å². The molecular weight excluding hydrogens is 201 g/mol. The molecule has 0 bridgehead atoms. The molecule has 0 aromatic heterocycles. The molecule has 1 rings (SSSR count). The smallest absolute Gasteiger partial charge is 1.00 e. The molecule has 3 heteroatoms. The summed E-state index contributed by atoms with van der Waals surface area (Å²) >= 11 is 0. The zero-order chi connectivity index (χ0) is 5.11. The van der Waals surface area contributed by atoms with Crippen LogP contribution in [0, 0.1) is 6.92 Å². The fourth-order valence-electron chi connectivity index (χ4n) is 0.534. The van der Waals surface area contributed by atoms with E-state index in [9.17, 15) is 0 Å². The summed E-state index contributed by atoms with van der Waals surface area (Å²) < 4.78 is 0. The molecule has 0 aliphatic heterocycles. The van der Waals surface area contributed by atoms with E-state index in [1.807, 2.05) is 18.2 Å². The van der Waals surface area contributed by atoms with Crippen molar-refractivity contribution in [2.75, 3.05) is 0 Å². The average molecular weight is 212 g/mol. The maximum atomic E-state index is 2.08. The first-order valence-corrected chi connectivity index (χ1v) is 2.41. The Labute approximate surface area is 195 Å². The fourth-order valence-corrected chi connectivity index (χ4v) is 0.534. The molecule has 0 N–H and O–H groups in total.